The van der Waals surface area contributed by atoms with Gasteiger partial charge in [0.05, 0.1) is 12.1 Å². The number of halogens is 1. The summed E-state index contributed by atoms with van der Waals surface area (Å²) < 4.78 is 19.3. The molecule has 2 saturated heterocycles. The number of piperidine rings is 1. The van der Waals surface area contributed by atoms with Crippen LogP contribution in [0.4, 0.5) is 10.1 Å². The Balaban J connectivity index is 1.41. The van der Waals surface area contributed by atoms with Gasteiger partial charge in [0.2, 0.25) is 5.91 Å². The molecule has 0 aromatic heterocycles. The first kappa shape index (κ1) is 25.4. The highest BCUT2D eigenvalue weighted by atomic mass is 19.1. The zero-order valence-electron chi connectivity index (χ0n) is 20.6. The summed E-state index contributed by atoms with van der Waals surface area (Å²) in [5, 5.41) is 22.9. The third kappa shape index (κ3) is 6.72. The molecule has 8 heteroatoms. The lowest BCUT2D eigenvalue weighted by Gasteiger charge is -2.42. The summed E-state index contributed by atoms with van der Waals surface area (Å²) in [5.74, 6) is -0.214. The maximum atomic E-state index is 13.5. The number of β-amino-alcohol motifs (C(OH)–C–C–N with tert-alkyl or cyclic N) is 2. The van der Waals surface area contributed by atoms with Gasteiger partial charge in [0.15, 0.2) is 0 Å². The molecule has 0 unspecified atom stereocenters. The molecule has 2 fully saturated rings. The predicted molar refractivity (Wildman–Crippen MR) is 133 cm³/mol. The van der Waals surface area contributed by atoms with Gasteiger partial charge in [0.25, 0.3) is 0 Å². The van der Waals surface area contributed by atoms with Crippen molar-refractivity contribution in [3.63, 3.8) is 0 Å². The lowest BCUT2D eigenvalue weighted by atomic mass is 9.90. The van der Waals surface area contributed by atoms with E-state index in [9.17, 15) is 19.4 Å². The predicted octanol–water partition coefficient (Wildman–Crippen LogP) is 2.44. The van der Waals surface area contributed by atoms with Crippen molar-refractivity contribution in [2.45, 2.75) is 37.9 Å². The van der Waals surface area contributed by atoms with Crippen molar-refractivity contribution in [1.29, 1.82) is 0 Å². The Morgan fingerprint density at radius 2 is 1.74 bits per heavy atom. The minimum Gasteiger partial charge on any atom is -0.490 e. The van der Waals surface area contributed by atoms with Crippen LogP contribution in [0.1, 0.15) is 25.3 Å². The van der Waals surface area contributed by atoms with E-state index in [2.05, 4.69) is 36.1 Å². The normalized spacial score (nSPS) is 23.1. The smallest absolute Gasteiger partial charge is 0.219 e. The quantitative estimate of drug-likeness (QED) is 0.655. The molecule has 2 aromatic rings. The van der Waals surface area contributed by atoms with Gasteiger partial charge in [-0.3, -0.25) is 9.69 Å². The van der Waals surface area contributed by atoms with Crippen molar-refractivity contribution < 1.29 is 24.1 Å². The molecular formula is C27H36FN3O4. The van der Waals surface area contributed by atoms with Crippen molar-refractivity contribution >= 4 is 11.6 Å². The second kappa shape index (κ2) is 10.5. The maximum Gasteiger partial charge on any atom is 0.219 e. The molecule has 2 heterocycles. The Hall–Kier alpha value is -2.68. The van der Waals surface area contributed by atoms with Crippen LogP contribution >= 0.6 is 0 Å². The van der Waals surface area contributed by atoms with Crippen LogP contribution < -0.4 is 9.64 Å². The fourth-order valence-electron chi connectivity index (χ4n) is 5.09. The number of amides is 1. The first-order chi connectivity index (χ1) is 16.6. The second-order valence-corrected chi connectivity index (χ2v) is 10.2. The van der Waals surface area contributed by atoms with E-state index in [1.807, 2.05) is 4.90 Å². The van der Waals surface area contributed by atoms with Crippen molar-refractivity contribution in [3.05, 3.63) is 59.9 Å². The van der Waals surface area contributed by atoms with Crippen LogP contribution in [-0.4, -0.2) is 89.5 Å². The number of hydrogen-bond acceptors (Lipinski definition) is 6. The third-order valence-corrected chi connectivity index (χ3v) is 7.02. The number of benzene rings is 2. The highest BCUT2D eigenvalue weighted by molar-refractivity contribution is 5.73. The highest BCUT2D eigenvalue weighted by Crippen LogP contribution is 2.29. The van der Waals surface area contributed by atoms with Crippen molar-refractivity contribution in [1.82, 2.24) is 9.80 Å². The topological polar surface area (TPSA) is 76.5 Å². The third-order valence-electron chi connectivity index (χ3n) is 7.02. The maximum absolute atomic E-state index is 13.5. The monoisotopic (exact) mass is 485 g/mol. The molecule has 4 rings (SSSR count). The SMILES string of the molecule is CC(=O)N1CCN(CC2(O)CCN(c3cccc(C)c3)CC2)C[C@](O)(COc2cccc(F)c2)C1. The molecule has 190 valence electrons. The van der Waals surface area contributed by atoms with E-state index in [0.29, 0.717) is 38.2 Å². The van der Waals surface area contributed by atoms with Crippen LogP contribution in [0.15, 0.2) is 48.5 Å². The number of carbonyl (C=O) groups excluding carboxylic acids is 1. The van der Waals surface area contributed by atoms with E-state index in [4.69, 9.17) is 4.74 Å². The largest absolute Gasteiger partial charge is 0.490 e. The molecule has 2 aliphatic heterocycles. The first-order valence-electron chi connectivity index (χ1n) is 12.3. The molecule has 0 saturated carbocycles. The first-order valence-corrected chi connectivity index (χ1v) is 12.3. The second-order valence-electron chi connectivity index (χ2n) is 10.2. The molecule has 2 N–H and O–H groups in total. The van der Waals surface area contributed by atoms with Crippen molar-refractivity contribution in [2.75, 3.05) is 57.3 Å². The molecule has 0 spiro atoms. The minimum atomic E-state index is -1.35. The van der Waals surface area contributed by atoms with E-state index in [1.165, 1.54) is 30.3 Å². The molecule has 0 bridgehead atoms. The summed E-state index contributed by atoms with van der Waals surface area (Å²) in [6, 6.07) is 14.2. The molecule has 35 heavy (non-hydrogen) atoms. The van der Waals surface area contributed by atoms with Gasteiger partial charge in [-0.05, 0) is 49.6 Å². The van der Waals surface area contributed by atoms with Gasteiger partial charge in [-0.2, -0.15) is 0 Å². The Morgan fingerprint density at radius 1 is 1.00 bits per heavy atom. The average molecular weight is 486 g/mol. The molecular weight excluding hydrogens is 449 g/mol. The van der Waals surface area contributed by atoms with Crippen LogP contribution in [0.25, 0.3) is 0 Å². The fraction of sp³-hybridized carbons (Fsp3) is 0.519. The molecule has 2 aromatic carbocycles. The number of nitrogens with zero attached hydrogens (tertiary/aromatic N) is 3. The van der Waals surface area contributed by atoms with Crippen molar-refractivity contribution in [3.8, 4) is 5.75 Å². The van der Waals surface area contributed by atoms with Gasteiger partial charge in [-0.25, -0.2) is 4.39 Å². The van der Waals surface area contributed by atoms with Crippen LogP contribution in [0, 0.1) is 12.7 Å². The van der Waals surface area contributed by atoms with Crippen LogP contribution in [0.2, 0.25) is 0 Å². The summed E-state index contributed by atoms with van der Waals surface area (Å²) in [6.45, 7) is 6.75. The summed E-state index contributed by atoms with van der Waals surface area (Å²) in [4.78, 5) is 18.1. The number of aryl methyl sites for hydroxylation is 1. The van der Waals surface area contributed by atoms with E-state index in [-0.39, 0.29) is 25.6 Å². The van der Waals surface area contributed by atoms with Gasteiger partial charge >= 0.3 is 0 Å². The average Bonchev–Trinajstić information content (AvgIpc) is 2.97. The summed E-state index contributed by atoms with van der Waals surface area (Å²) in [5.41, 5.74) is 0.147. The molecule has 0 aliphatic carbocycles. The molecule has 0 radical (unpaired) electrons. The number of carbonyl (C=O) groups is 1. The Labute approximate surface area is 206 Å². The molecule has 2 aliphatic rings. The van der Waals surface area contributed by atoms with Crippen LogP contribution in [0.3, 0.4) is 0 Å². The zero-order chi connectivity index (χ0) is 25.1. The summed E-state index contributed by atoms with van der Waals surface area (Å²) in [6.07, 6.45) is 1.23. The molecule has 1 atom stereocenters. The van der Waals surface area contributed by atoms with E-state index >= 15 is 0 Å². The number of anilines is 1. The van der Waals surface area contributed by atoms with E-state index in [0.717, 1.165) is 13.1 Å². The summed E-state index contributed by atoms with van der Waals surface area (Å²) >= 11 is 0. The summed E-state index contributed by atoms with van der Waals surface area (Å²) in [7, 11) is 0. The van der Waals surface area contributed by atoms with Crippen LogP contribution in [0.5, 0.6) is 5.75 Å². The Kier molecular flexibility index (Phi) is 7.64. The number of ether oxygens (including phenoxy) is 1. The highest BCUT2D eigenvalue weighted by Gasteiger charge is 2.40. The van der Waals surface area contributed by atoms with Crippen LogP contribution in [-0.2, 0) is 4.79 Å². The van der Waals surface area contributed by atoms with Gasteiger partial charge in [0, 0.05) is 57.9 Å². The lowest BCUT2D eigenvalue weighted by molar-refractivity contribution is -0.132. The van der Waals surface area contributed by atoms with E-state index < -0.39 is 17.0 Å². The van der Waals surface area contributed by atoms with Crippen molar-refractivity contribution in [2.24, 2.45) is 0 Å². The number of rotatable bonds is 6. The number of hydrogen-bond donors (Lipinski definition) is 2. The lowest BCUT2D eigenvalue weighted by Crippen LogP contribution is -2.55. The van der Waals surface area contributed by atoms with Gasteiger partial charge in [-0.15, -0.1) is 0 Å². The molecule has 7 nitrogen and oxygen atoms in total. The minimum absolute atomic E-state index is 0.0870. The fourth-order valence-corrected chi connectivity index (χ4v) is 5.09. The van der Waals surface area contributed by atoms with Gasteiger partial charge < -0.3 is 24.7 Å². The Bertz CT molecular complexity index is 1030. The van der Waals surface area contributed by atoms with E-state index in [1.54, 1.807) is 17.0 Å². The van der Waals surface area contributed by atoms with Gasteiger partial charge in [-0.1, -0.05) is 18.2 Å². The molecule has 1 amide bonds. The standard InChI is InChI=1S/C27H36FN3O4/c1-21-5-3-7-24(15-21)30-11-9-26(33,10-12-30)17-29-13-14-31(22(2)32)19-27(34,18-29)20-35-25-8-4-6-23(28)16-25/h3-8,15-16,33-34H,9-14,17-20H2,1-2H3/t27-/m1/s1. The Morgan fingerprint density at radius 3 is 2.43 bits per heavy atom. The van der Waals surface area contributed by atoms with Gasteiger partial charge in [0.1, 0.15) is 23.8 Å². The number of aliphatic hydroxyl groups is 2. The zero-order valence-corrected chi connectivity index (χ0v) is 20.6.